The Morgan fingerprint density at radius 2 is 1.74 bits per heavy atom. The highest BCUT2D eigenvalue weighted by molar-refractivity contribution is 7.18. The number of aromatic nitrogens is 2. The first-order chi connectivity index (χ1) is 17.0. The molecular formula is C25H19FN4O4S. The van der Waals surface area contributed by atoms with Crippen molar-refractivity contribution in [2.45, 2.75) is 12.5 Å². The van der Waals surface area contributed by atoms with Gasteiger partial charge in [0.1, 0.15) is 16.9 Å². The quantitative estimate of drug-likeness (QED) is 0.405. The normalized spacial score (nSPS) is 12.7. The van der Waals surface area contributed by atoms with Gasteiger partial charge >= 0.3 is 0 Å². The van der Waals surface area contributed by atoms with E-state index in [2.05, 4.69) is 20.8 Å². The van der Waals surface area contributed by atoms with Gasteiger partial charge in [-0.3, -0.25) is 14.9 Å². The maximum Gasteiger partial charge on any atom is 0.251 e. The van der Waals surface area contributed by atoms with E-state index in [1.165, 1.54) is 35.6 Å². The fraction of sp³-hybridized carbons (Fsp3) is 0.120. The van der Waals surface area contributed by atoms with E-state index in [1.54, 1.807) is 12.1 Å². The minimum absolute atomic E-state index is 0.169. The largest absolute Gasteiger partial charge is 0.454 e. The summed E-state index contributed by atoms with van der Waals surface area (Å²) >= 11 is 1.20. The van der Waals surface area contributed by atoms with E-state index in [0.29, 0.717) is 16.5 Å². The minimum Gasteiger partial charge on any atom is -0.454 e. The first kappa shape index (κ1) is 22.5. The van der Waals surface area contributed by atoms with Crippen LogP contribution in [-0.2, 0) is 11.2 Å². The monoisotopic (exact) mass is 490 g/mol. The Balaban J connectivity index is 1.32. The molecule has 4 aromatic rings. The van der Waals surface area contributed by atoms with E-state index in [-0.39, 0.29) is 23.9 Å². The van der Waals surface area contributed by atoms with Crippen molar-refractivity contribution in [3.8, 4) is 22.1 Å². The van der Waals surface area contributed by atoms with Crippen LogP contribution in [0.2, 0.25) is 0 Å². The Kier molecular flexibility index (Phi) is 6.36. The lowest BCUT2D eigenvalue weighted by molar-refractivity contribution is -0.118. The molecule has 35 heavy (non-hydrogen) atoms. The van der Waals surface area contributed by atoms with Gasteiger partial charge in [-0.05, 0) is 48.0 Å². The smallest absolute Gasteiger partial charge is 0.251 e. The van der Waals surface area contributed by atoms with Crippen LogP contribution in [0.3, 0.4) is 0 Å². The Morgan fingerprint density at radius 1 is 0.971 bits per heavy atom. The minimum atomic E-state index is -0.896. The van der Waals surface area contributed by atoms with E-state index in [9.17, 15) is 14.0 Å². The molecule has 5 rings (SSSR count). The third kappa shape index (κ3) is 5.28. The summed E-state index contributed by atoms with van der Waals surface area (Å²) in [5.74, 6) is -0.103. The third-order valence-electron chi connectivity index (χ3n) is 5.29. The van der Waals surface area contributed by atoms with Gasteiger partial charge in [0.15, 0.2) is 11.5 Å². The van der Waals surface area contributed by atoms with E-state index in [4.69, 9.17) is 9.47 Å². The number of hydrogen-bond donors (Lipinski definition) is 2. The molecule has 0 bridgehead atoms. The van der Waals surface area contributed by atoms with Crippen molar-refractivity contribution in [3.05, 3.63) is 89.7 Å². The van der Waals surface area contributed by atoms with Crippen molar-refractivity contribution in [1.82, 2.24) is 15.5 Å². The number of benzene rings is 3. The lowest BCUT2D eigenvalue weighted by Gasteiger charge is -2.18. The first-order valence-electron chi connectivity index (χ1n) is 10.7. The van der Waals surface area contributed by atoms with Gasteiger partial charge in [-0.1, -0.05) is 41.7 Å². The number of hydrogen-bond acceptors (Lipinski definition) is 7. The lowest BCUT2D eigenvalue weighted by Crippen LogP contribution is -2.45. The molecule has 8 nitrogen and oxygen atoms in total. The third-order valence-corrected chi connectivity index (χ3v) is 6.17. The predicted molar refractivity (Wildman–Crippen MR) is 128 cm³/mol. The summed E-state index contributed by atoms with van der Waals surface area (Å²) < 4.78 is 24.0. The fourth-order valence-electron chi connectivity index (χ4n) is 3.51. The highest BCUT2D eigenvalue weighted by Gasteiger charge is 2.24. The summed E-state index contributed by atoms with van der Waals surface area (Å²) in [4.78, 5) is 25.9. The summed E-state index contributed by atoms with van der Waals surface area (Å²) in [6.07, 6.45) is 0.257. The highest BCUT2D eigenvalue weighted by Crippen LogP contribution is 2.37. The van der Waals surface area contributed by atoms with Crippen LogP contribution in [0.1, 0.15) is 15.9 Å². The number of rotatable bonds is 7. The molecule has 1 aliphatic heterocycles. The Labute approximate surface area is 203 Å². The fourth-order valence-corrected chi connectivity index (χ4v) is 4.26. The SMILES string of the molecule is O=C(NC(Cc1ccccc1)C(=O)Nc1nnc(-c2ccc3c(c2)OCO3)s1)c1ccc(F)cc1. The van der Waals surface area contributed by atoms with Gasteiger partial charge in [-0.15, -0.1) is 10.2 Å². The van der Waals surface area contributed by atoms with Crippen molar-refractivity contribution < 1.29 is 23.5 Å². The molecule has 1 aliphatic rings. The Bertz CT molecular complexity index is 1360. The molecule has 1 atom stereocenters. The highest BCUT2D eigenvalue weighted by atomic mass is 32.1. The van der Waals surface area contributed by atoms with Crippen LogP contribution in [0.25, 0.3) is 10.6 Å². The van der Waals surface area contributed by atoms with Gasteiger partial charge in [0.2, 0.25) is 17.8 Å². The summed E-state index contributed by atoms with van der Waals surface area (Å²) in [5, 5.41) is 14.6. The molecule has 1 unspecified atom stereocenters. The predicted octanol–water partition coefficient (Wildman–Crippen LogP) is 4.05. The van der Waals surface area contributed by atoms with Gasteiger partial charge in [0, 0.05) is 17.5 Å². The van der Waals surface area contributed by atoms with Gasteiger partial charge in [-0.2, -0.15) is 0 Å². The van der Waals surface area contributed by atoms with Crippen LogP contribution in [0.15, 0.2) is 72.8 Å². The number of carbonyl (C=O) groups excluding carboxylic acids is 2. The number of carbonyl (C=O) groups is 2. The molecular weight excluding hydrogens is 471 g/mol. The number of nitrogens with one attached hydrogen (secondary N) is 2. The van der Waals surface area contributed by atoms with Crippen LogP contribution in [-0.4, -0.2) is 34.8 Å². The molecule has 0 fully saturated rings. The second kappa shape index (κ2) is 9.90. The molecule has 2 amide bonds. The standard InChI is InChI=1S/C25H19FN4O4S/c26-18-9-6-16(7-10-18)22(31)27-19(12-15-4-2-1-3-5-15)23(32)28-25-30-29-24(35-25)17-8-11-20-21(13-17)34-14-33-20/h1-11,13,19H,12,14H2,(H,27,31)(H,28,30,32). The van der Waals surface area contributed by atoms with Crippen LogP contribution < -0.4 is 20.1 Å². The van der Waals surface area contributed by atoms with Crippen molar-refractivity contribution in [2.24, 2.45) is 0 Å². The van der Waals surface area contributed by atoms with E-state index >= 15 is 0 Å². The zero-order chi connectivity index (χ0) is 24.2. The van der Waals surface area contributed by atoms with Crippen LogP contribution >= 0.6 is 11.3 Å². The van der Waals surface area contributed by atoms with Crippen LogP contribution in [0, 0.1) is 5.82 Å². The van der Waals surface area contributed by atoms with Crippen LogP contribution in [0.5, 0.6) is 11.5 Å². The molecule has 2 heterocycles. The topological polar surface area (TPSA) is 102 Å². The molecule has 3 aromatic carbocycles. The summed E-state index contributed by atoms with van der Waals surface area (Å²) in [5.41, 5.74) is 1.89. The second-order valence-corrected chi connectivity index (χ2v) is 8.67. The molecule has 10 heteroatoms. The summed E-state index contributed by atoms with van der Waals surface area (Å²) in [6, 6.07) is 19.0. The van der Waals surface area contributed by atoms with Gasteiger partial charge in [0.05, 0.1) is 0 Å². The van der Waals surface area contributed by atoms with Crippen molar-refractivity contribution >= 4 is 28.3 Å². The molecule has 0 radical (unpaired) electrons. The second-order valence-electron chi connectivity index (χ2n) is 7.69. The van der Waals surface area contributed by atoms with Gasteiger partial charge in [-0.25, -0.2) is 4.39 Å². The molecule has 0 saturated carbocycles. The maximum atomic E-state index is 13.2. The van der Waals surface area contributed by atoms with Gasteiger partial charge in [0.25, 0.3) is 5.91 Å². The molecule has 0 saturated heterocycles. The van der Waals surface area contributed by atoms with E-state index < -0.39 is 23.7 Å². The number of ether oxygens (including phenoxy) is 2. The number of nitrogens with zero attached hydrogens (tertiary/aromatic N) is 2. The number of fused-ring (bicyclic) bond motifs is 1. The number of amides is 2. The Morgan fingerprint density at radius 3 is 2.54 bits per heavy atom. The average molecular weight is 491 g/mol. The average Bonchev–Trinajstić information content (AvgIpc) is 3.53. The van der Waals surface area contributed by atoms with E-state index in [0.717, 1.165) is 11.1 Å². The molecule has 2 N–H and O–H groups in total. The molecule has 1 aromatic heterocycles. The van der Waals surface area contributed by atoms with Crippen LogP contribution in [0.4, 0.5) is 9.52 Å². The molecule has 0 spiro atoms. The Hall–Kier alpha value is -4.31. The summed E-state index contributed by atoms with van der Waals surface area (Å²) in [6.45, 7) is 0.169. The van der Waals surface area contributed by atoms with Gasteiger partial charge < -0.3 is 14.8 Å². The van der Waals surface area contributed by atoms with Crippen molar-refractivity contribution in [3.63, 3.8) is 0 Å². The zero-order valence-corrected chi connectivity index (χ0v) is 19.0. The molecule has 0 aliphatic carbocycles. The number of halogens is 1. The first-order valence-corrected chi connectivity index (χ1v) is 11.5. The van der Waals surface area contributed by atoms with Crippen molar-refractivity contribution in [2.75, 3.05) is 12.1 Å². The lowest BCUT2D eigenvalue weighted by atomic mass is 10.0. The maximum absolute atomic E-state index is 13.2. The van der Waals surface area contributed by atoms with Crippen molar-refractivity contribution in [1.29, 1.82) is 0 Å². The van der Waals surface area contributed by atoms with E-state index in [1.807, 2.05) is 36.4 Å². The summed E-state index contributed by atoms with van der Waals surface area (Å²) in [7, 11) is 0. The zero-order valence-electron chi connectivity index (χ0n) is 18.2. The number of anilines is 1. The molecule has 176 valence electrons.